The van der Waals surface area contributed by atoms with Crippen molar-refractivity contribution < 1.29 is 8.42 Å². The maximum Gasteiger partial charge on any atom is 0.207 e. The van der Waals surface area contributed by atoms with Crippen LogP contribution in [-0.2, 0) is 9.84 Å². The molecule has 1 aliphatic rings. The summed E-state index contributed by atoms with van der Waals surface area (Å²) in [7, 11) is -3.15. The molecule has 0 bridgehead atoms. The van der Waals surface area contributed by atoms with Gasteiger partial charge < -0.3 is 5.32 Å². The van der Waals surface area contributed by atoms with E-state index in [9.17, 15) is 8.42 Å². The predicted molar refractivity (Wildman–Crippen MR) is 73.3 cm³/mol. The first-order valence-corrected chi connectivity index (χ1v) is 8.03. The van der Waals surface area contributed by atoms with E-state index in [0.717, 1.165) is 11.6 Å². The minimum atomic E-state index is -3.15. The van der Waals surface area contributed by atoms with Crippen LogP contribution in [0.15, 0.2) is 41.6 Å². The molecule has 0 spiro atoms. The molecule has 1 aliphatic carbocycles. The fourth-order valence-electron chi connectivity index (χ4n) is 1.88. The lowest BCUT2D eigenvalue weighted by atomic mass is 10.3. The second kappa shape index (κ2) is 4.38. The van der Waals surface area contributed by atoms with Crippen molar-refractivity contribution in [1.29, 1.82) is 0 Å². The van der Waals surface area contributed by atoms with Crippen molar-refractivity contribution >= 4 is 15.8 Å². The Labute approximate surface area is 112 Å². The molecular formula is C13H15N3O2S. The molecule has 0 atom stereocenters. The lowest BCUT2D eigenvalue weighted by molar-refractivity contribution is 0.602. The van der Waals surface area contributed by atoms with Gasteiger partial charge in [0.2, 0.25) is 5.95 Å². The Kier molecular flexibility index (Phi) is 2.82. The molecule has 1 aromatic heterocycles. The topological polar surface area (TPSA) is 64.0 Å². The lowest BCUT2D eigenvalue weighted by Gasteiger charge is -2.09. The summed E-state index contributed by atoms with van der Waals surface area (Å²) in [5, 5.41) is 3.34. The number of hydrogen-bond acceptors (Lipinski definition) is 4. The van der Waals surface area contributed by atoms with Crippen molar-refractivity contribution in [2.45, 2.75) is 23.8 Å². The maximum atomic E-state index is 11.4. The van der Waals surface area contributed by atoms with E-state index >= 15 is 0 Å². The molecule has 1 heterocycles. The van der Waals surface area contributed by atoms with Crippen LogP contribution in [0.2, 0.25) is 0 Å². The predicted octanol–water partition coefficient (Wildman–Crippen LogP) is 1.85. The number of hydrogen-bond donors (Lipinski definition) is 1. The van der Waals surface area contributed by atoms with E-state index in [1.165, 1.54) is 19.1 Å². The van der Waals surface area contributed by atoms with Gasteiger partial charge in [-0.3, -0.25) is 4.57 Å². The zero-order valence-corrected chi connectivity index (χ0v) is 11.4. The first kappa shape index (κ1) is 12.2. The average molecular weight is 277 g/mol. The summed E-state index contributed by atoms with van der Waals surface area (Å²) in [5.74, 6) is 0.801. The smallest absolute Gasteiger partial charge is 0.207 e. The van der Waals surface area contributed by atoms with Crippen LogP contribution in [0.1, 0.15) is 12.8 Å². The Bertz CT molecular complexity index is 685. The van der Waals surface area contributed by atoms with Crippen LogP contribution in [0.5, 0.6) is 0 Å². The summed E-state index contributed by atoms with van der Waals surface area (Å²) in [6.07, 6.45) is 7.16. The van der Waals surface area contributed by atoms with Gasteiger partial charge in [-0.2, -0.15) is 0 Å². The maximum absolute atomic E-state index is 11.4. The molecule has 2 aromatic rings. The zero-order chi connectivity index (χ0) is 13.5. The highest BCUT2D eigenvalue weighted by molar-refractivity contribution is 7.90. The standard InChI is InChI=1S/C13H15N3O2S/c1-19(17,18)12-6-4-11(5-7-12)16-9-8-14-13(16)15-10-2-3-10/h4-10H,2-3H2,1H3,(H,14,15). The molecule has 0 saturated heterocycles. The van der Waals surface area contributed by atoms with E-state index < -0.39 is 9.84 Å². The third-order valence-corrected chi connectivity index (χ3v) is 4.22. The molecule has 100 valence electrons. The average Bonchev–Trinajstić information content (AvgIpc) is 3.05. The highest BCUT2D eigenvalue weighted by Gasteiger charge is 2.22. The number of nitrogens with one attached hydrogen (secondary N) is 1. The molecule has 19 heavy (non-hydrogen) atoms. The van der Waals surface area contributed by atoms with Gasteiger partial charge in [-0.25, -0.2) is 13.4 Å². The number of anilines is 1. The molecule has 0 amide bonds. The molecule has 5 nitrogen and oxygen atoms in total. The van der Waals surface area contributed by atoms with Crippen LogP contribution in [0.4, 0.5) is 5.95 Å². The van der Waals surface area contributed by atoms with E-state index in [4.69, 9.17) is 0 Å². The van der Waals surface area contributed by atoms with Crippen molar-refractivity contribution in [3.63, 3.8) is 0 Å². The molecule has 1 N–H and O–H groups in total. The van der Waals surface area contributed by atoms with Gasteiger partial charge in [0.05, 0.1) is 4.90 Å². The summed E-state index contributed by atoms with van der Waals surface area (Å²) >= 11 is 0. The van der Waals surface area contributed by atoms with Crippen LogP contribution in [0.25, 0.3) is 5.69 Å². The highest BCUT2D eigenvalue weighted by Crippen LogP contribution is 2.25. The van der Waals surface area contributed by atoms with Crippen LogP contribution < -0.4 is 5.32 Å². The van der Waals surface area contributed by atoms with Crippen LogP contribution in [0.3, 0.4) is 0 Å². The summed E-state index contributed by atoms with van der Waals surface area (Å²) in [5.41, 5.74) is 0.896. The van der Waals surface area contributed by atoms with E-state index in [-0.39, 0.29) is 0 Å². The number of benzene rings is 1. The molecule has 0 aliphatic heterocycles. The van der Waals surface area contributed by atoms with Crippen molar-refractivity contribution in [3.05, 3.63) is 36.7 Å². The second-order valence-electron chi connectivity index (χ2n) is 4.81. The van der Waals surface area contributed by atoms with Crippen LogP contribution in [-0.4, -0.2) is 30.3 Å². The van der Waals surface area contributed by atoms with E-state index in [2.05, 4.69) is 10.3 Å². The summed E-state index contributed by atoms with van der Waals surface area (Å²) < 4.78 is 24.8. The van der Waals surface area contributed by atoms with Crippen molar-refractivity contribution in [2.24, 2.45) is 0 Å². The van der Waals surface area contributed by atoms with Gasteiger partial charge >= 0.3 is 0 Å². The molecule has 3 rings (SSSR count). The van der Waals surface area contributed by atoms with Gasteiger partial charge in [0, 0.05) is 30.4 Å². The largest absolute Gasteiger partial charge is 0.353 e. The van der Waals surface area contributed by atoms with Gasteiger partial charge in [0.15, 0.2) is 9.84 Å². The number of nitrogens with zero attached hydrogens (tertiary/aromatic N) is 2. The van der Waals surface area contributed by atoms with Gasteiger partial charge in [-0.1, -0.05) is 0 Å². The fourth-order valence-corrected chi connectivity index (χ4v) is 2.51. The Morgan fingerprint density at radius 3 is 2.53 bits per heavy atom. The van der Waals surface area contributed by atoms with Crippen molar-refractivity contribution in [2.75, 3.05) is 11.6 Å². The monoisotopic (exact) mass is 277 g/mol. The molecule has 0 unspecified atom stereocenters. The first-order chi connectivity index (χ1) is 9.04. The zero-order valence-electron chi connectivity index (χ0n) is 10.6. The third kappa shape index (κ3) is 2.63. The van der Waals surface area contributed by atoms with E-state index in [1.54, 1.807) is 30.5 Å². The summed E-state index contributed by atoms with van der Waals surface area (Å²) in [6.45, 7) is 0. The molecule has 1 saturated carbocycles. The minimum Gasteiger partial charge on any atom is -0.353 e. The van der Waals surface area contributed by atoms with Crippen LogP contribution >= 0.6 is 0 Å². The third-order valence-electron chi connectivity index (χ3n) is 3.09. The number of aromatic nitrogens is 2. The van der Waals surface area contributed by atoms with Gasteiger partial charge in [0.25, 0.3) is 0 Å². The number of sulfone groups is 1. The van der Waals surface area contributed by atoms with Gasteiger partial charge in [0.1, 0.15) is 0 Å². The van der Waals surface area contributed by atoms with E-state index in [1.807, 2.05) is 10.8 Å². The van der Waals surface area contributed by atoms with Crippen LogP contribution in [0, 0.1) is 0 Å². The molecule has 6 heteroatoms. The van der Waals surface area contributed by atoms with Gasteiger partial charge in [-0.05, 0) is 37.1 Å². The Balaban J connectivity index is 1.91. The summed E-state index contributed by atoms with van der Waals surface area (Å²) in [4.78, 5) is 4.60. The van der Waals surface area contributed by atoms with Crippen molar-refractivity contribution in [3.8, 4) is 5.69 Å². The second-order valence-corrected chi connectivity index (χ2v) is 6.82. The number of rotatable bonds is 4. The van der Waals surface area contributed by atoms with Crippen molar-refractivity contribution in [1.82, 2.24) is 9.55 Å². The molecule has 0 radical (unpaired) electrons. The molecular weight excluding hydrogens is 262 g/mol. The van der Waals surface area contributed by atoms with Gasteiger partial charge in [-0.15, -0.1) is 0 Å². The first-order valence-electron chi connectivity index (χ1n) is 6.14. The Hall–Kier alpha value is -1.82. The Morgan fingerprint density at radius 2 is 1.95 bits per heavy atom. The van der Waals surface area contributed by atoms with E-state index in [0.29, 0.717) is 10.9 Å². The lowest BCUT2D eigenvalue weighted by Crippen LogP contribution is -2.07. The Morgan fingerprint density at radius 1 is 1.26 bits per heavy atom. The number of imidazole rings is 1. The highest BCUT2D eigenvalue weighted by atomic mass is 32.2. The minimum absolute atomic E-state index is 0.327. The molecule has 1 aromatic carbocycles. The normalized spacial score (nSPS) is 15.4. The molecule has 1 fully saturated rings. The SMILES string of the molecule is CS(=O)(=O)c1ccc(-n2ccnc2NC2CC2)cc1. The summed E-state index contributed by atoms with van der Waals surface area (Å²) in [6, 6.07) is 7.33. The quantitative estimate of drug-likeness (QED) is 0.926. The fraction of sp³-hybridized carbons (Fsp3) is 0.308.